The maximum atomic E-state index is 10.4. The first-order valence-electron chi connectivity index (χ1n) is 12.5. The van der Waals surface area contributed by atoms with Crippen LogP contribution in [0.15, 0.2) is 150 Å². The second-order valence-corrected chi connectivity index (χ2v) is 18.0. The van der Waals surface area contributed by atoms with Crippen molar-refractivity contribution in [3.05, 3.63) is 157 Å². The zero-order valence-electron chi connectivity index (χ0n) is 21.4. The minimum atomic E-state index is -4.27. The van der Waals surface area contributed by atoms with Gasteiger partial charge in [0, 0.05) is 0 Å². The monoisotopic (exact) mass is 582 g/mol. The molecule has 192 valence electrons. The van der Waals surface area contributed by atoms with Crippen LogP contribution in [0.1, 0.15) is 11.1 Å². The van der Waals surface area contributed by atoms with Crippen molar-refractivity contribution in [3.63, 3.8) is 0 Å². The molecule has 0 saturated carbocycles. The molecule has 5 rings (SSSR count). The van der Waals surface area contributed by atoms with Gasteiger partial charge < -0.3 is 4.55 Å². The SMILES string of the molecule is Cc1ccc(S(=O)(=O)[O-])cc1.c1ccc(CC[As+](c2ccccc2)(c2ccccc2)c2ccccc2)cc1. The Labute approximate surface area is 229 Å². The van der Waals surface area contributed by atoms with Gasteiger partial charge in [-0.2, -0.15) is 0 Å². The molecule has 5 aromatic rings. The molecule has 0 radical (unpaired) electrons. The van der Waals surface area contributed by atoms with E-state index < -0.39 is 23.7 Å². The van der Waals surface area contributed by atoms with E-state index in [4.69, 9.17) is 0 Å². The Morgan fingerprint density at radius 2 is 0.921 bits per heavy atom. The summed E-state index contributed by atoms with van der Waals surface area (Å²) in [5.41, 5.74) is 2.35. The van der Waals surface area contributed by atoms with Crippen molar-refractivity contribution in [1.29, 1.82) is 0 Å². The van der Waals surface area contributed by atoms with Gasteiger partial charge in [-0.25, -0.2) is 8.42 Å². The Morgan fingerprint density at radius 3 is 1.29 bits per heavy atom. The molecule has 0 saturated heterocycles. The topological polar surface area (TPSA) is 57.2 Å². The summed E-state index contributed by atoms with van der Waals surface area (Å²) in [5.74, 6) is 0. The molecule has 0 atom stereocenters. The van der Waals surface area contributed by atoms with Gasteiger partial charge in [-0.15, -0.1) is 0 Å². The van der Waals surface area contributed by atoms with Crippen LogP contribution in [-0.4, -0.2) is 26.5 Å². The average molecular weight is 583 g/mol. The normalized spacial score (nSPS) is 11.3. The molecule has 0 bridgehead atoms. The molecule has 0 spiro atoms. The average Bonchev–Trinajstić information content (AvgIpc) is 2.96. The molecular formula is C33H31AsO3S. The fourth-order valence-corrected chi connectivity index (χ4v) is 14.0. The summed E-state index contributed by atoms with van der Waals surface area (Å²) in [6, 6.07) is 50.3. The molecule has 0 N–H and O–H groups in total. The molecule has 0 aliphatic carbocycles. The van der Waals surface area contributed by atoms with Crippen molar-refractivity contribution in [1.82, 2.24) is 0 Å². The molecular weight excluding hydrogens is 551 g/mol. The predicted molar refractivity (Wildman–Crippen MR) is 158 cm³/mol. The van der Waals surface area contributed by atoms with Gasteiger partial charge in [0.15, 0.2) is 0 Å². The van der Waals surface area contributed by atoms with E-state index >= 15 is 0 Å². The Balaban J connectivity index is 0.000000257. The van der Waals surface area contributed by atoms with Crippen LogP contribution in [0.2, 0.25) is 5.21 Å². The van der Waals surface area contributed by atoms with Crippen LogP contribution < -0.4 is 13.1 Å². The molecule has 0 aliphatic heterocycles. The third-order valence-electron chi connectivity index (χ3n) is 6.48. The summed E-state index contributed by atoms with van der Waals surface area (Å²) in [5, 5.41) is 1.19. The second kappa shape index (κ2) is 12.9. The summed E-state index contributed by atoms with van der Waals surface area (Å²) in [4.78, 5) is -0.178. The number of aryl methyl sites for hydroxylation is 2. The van der Waals surface area contributed by atoms with Crippen molar-refractivity contribution in [3.8, 4) is 0 Å². The summed E-state index contributed by atoms with van der Waals surface area (Å²) in [7, 11) is -4.27. The Morgan fingerprint density at radius 1 is 0.553 bits per heavy atom. The van der Waals surface area contributed by atoms with E-state index in [0.717, 1.165) is 12.0 Å². The van der Waals surface area contributed by atoms with Crippen molar-refractivity contribution < 1.29 is 13.0 Å². The van der Waals surface area contributed by atoms with E-state index in [1.165, 1.54) is 36.0 Å². The molecule has 5 aromatic carbocycles. The van der Waals surface area contributed by atoms with Crippen LogP contribution in [-0.2, 0) is 16.5 Å². The van der Waals surface area contributed by atoms with Gasteiger partial charge in [0.1, 0.15) is 10.1 Å². The molecule has 0 heterocycles. The molecule has 0 amide bonds. The van der Waals surface area contributed by atoms with Crippen LogP contribution >= 0.6 is 0 Å². The number of benzene rings is 5. The number of hydrogen-bond acceptors (Lipinski definition) is 3. The first kappa shape index (κ1) is 27.6. The third kappa shape index (κ3) is 6.90. The fourth-order valence-electron chi connectivity index (χ4n) is 4.53. The molecule has 0 fully saturated rings. The molecule has 38 heavy (non-hydrogen) atoms. The van der Waals surface area contributed by atoms with Crippen molar-refractivity contribution >= 4 is 36.7 Å². The van der Waals surface area contributed by atoms with Gasteiger partial charge >= 0.3 is 165 Å². The van der Waals surface area contributed by atoms with Crippen LogP contribution in [0.25, 0.3) is 0 Å². The van der Waals surface area contributed by atoms with E-state index in [9.17, 15) is 13.0 Å². The summed E-state index contributed by atoms with van der Waals surface area (Å²) < 4.78 is 35.7. The first-order chi connectivity index (χ1) is 18.4. The van der Waals surface area contributed by atoms with E-state index in [1.54, 1.807) is 12.1 Å². The van der Waals surface area contributed by atoms with Crippen LogP contribution in [0.4, 0.5) is 0 Å². The van der Waals surface area contributed by atoms with Gasteiger partial charge in [-0.3, -0.25) is 0 Å². The van der Waals surface area contributed by atoms with Crippen LogP contribution in [0, 0.1) is 6.92 Å². The zero-order chi connectivity index (χ0) is 26.8. The maximum absolute atomic E-state index is 10.4. The molecule has 3 nitrogen and oxygen atoms in total. The zero-order valence-corrected chi connectivity index (χ0v) is 24.0. The third-order valence-corrected chi connectivity index (χ3v) is 16.6. The molecule has 0 aromatic heterocycles. The van der Waals surface area contributed by atoms with Gasteiger partial charge in [-0.1, -0.05) is 17.7 Å². The van der Waals surface area contributed by atoms with E-state index in [-0.39, 0.29) is 4.90 Å². The van der Waals surface area contributed by atoms with Crippen molar-refractivity contribution in [2.45, 2.75) is 23.4 Å². The van der Waals surface area contributed by atoms with E-state index in [1.807, 2.05) is 6.92 Å². The van der Waals surface area contributed by atoms with Crippen molar-refractivity contribution in [2.75, 3.05) is 0 Å². The number of hydrogen-bond donors (Lipinski definition) is 0. The molecule has 0 unspecified atom stereocenters. The van der Waals surface area contributed by atoms with Crippen LogP contribution in [0.3, 0.4) is 0 Å². The summed E-state index contributed by atoms with van der Waals surface area (Å²) >= 11 is -2.57. The minimum absolute atomic E-state index is 0.178. The second-order valence-electron chi connectivity index (χ2n) is 9.04. The first-order valence-corrected chi connectivity index (χ1v) is 18.1. The van der Waals surface area contributed by atoms with Crippen LogP contribution in [0.5, 0.6) is 0 Å². The fraction of sp³-hybridized carbons (Fsp3) is 0.0909. The van der Waals surface area contributed by atoms with E-state index in [0.29, 0.717) is 0 Å². The van der Waals surface area contributed by atoms with Gasteiger partial charge in [-0.05, 0) is 19.1 Å². The summed E-state index contributed by atoms with van der Waals surface area (Å²) in [6.45, 7) is 1.82. The molecule has 0 aliphatic rings. The molecule has 5 heteroatoms. The van der Waals surface area contributed by atoms with Gasteiger partial charge in [0.2, 0.25) is 0 Å². The number of rotatable bonds is 7. The van der Waals surface area contributed by atoms with Gasteiger partial charge in [0.25, 0.3) is 0 Å². The van der Waals surface area contributed by atoms with E-state index in [2.05, 4.69) is 121 Å². The quantitative estimate of drug-likeness (QED) is 0.193. The Hall–Kier alpha value is -3.43. The van der Waals surface area contributed by atoms with Gasteiger partial charge in [0.05, 0.1) is 4.90 Å². The standard InChI is InChI=1S/C26H24As.C7H8O3S/c1-5-13-23(14-6-1)21-22-27(24-15-7-2-8-16-24,25-17-9-3-10-18-25)26-19-11-4-12-20-26;1-6-2-4-7(5-3-6)11(8,9)10/h1-20H,21-22H2;2-5H,1H3,(H,8,9,10)/q+1;/p-1. The van der Waals surface area contributed by atoms with Crippen molar-refractivity contribution in [2.24, 2.45) is 0 Å². The Kier molecular flexibility index (Phi) is 9.36. The predicted octanol–water partition coefficient (Wildman–Crippen LogP) is 5.30. The Bertz CT molecular complexity index is 1410. The summed E-state index contributed by atoms with van der Waals surface area (Å²) in [6.07, 6.45) is 1.10.